The topological polar surface area (TPSA) is 110 Å². The van der Waals surface area contributed by atoms with Gasteiger partial charge in [0.15, 0.2) is 5.69 Å². The Hall–Kier alpha value is -3.85. The van der Waals surface area contributed by atoms with Crippen LogP contribution in [0.15, 0.2) is 53.5 Å². The third kappa shape index (κ3) is 5.89. The summed E-state index contributed by atoms with van der Waals surface area (Å²) in [7, 11) is 1.49. The summed E-state index contributed by atoms with van der Waals surface area (Å²) in [6.45, 7) is 1.52. The molecule has 0 spiro atoms. The van der Waals surface area contributed by atoms with Crippen molar-refractivity contribution in [3.63, 3.8) is 0 Å². The first kappa shape index (κ1) is 23.8. The summed E-state index contributed by atoms with van der Waals surface area (Å²) in [5.74, 6) is -1.13. The van der Waals surface area contributed by atoms with Crippen molar-refractivity contribution in [2.24, 2.45) is 7.05 Å². The van der Waals surface area contributed by atoms with E-state index in [1.807, 2.05) is 0 Å². The first-order valence-electron chi connectivity index (χ1n) is 9.86. The molecule has 33 heavy (non-hydrogen) atoms. The number of aromatic hydroxyl groups is 1. The Morgan fingerprint density at radius 1 is 1.21 bits per heavy atom. The number of benzene rings is 2. The molecule has 0 aliphatic carbocycles. The molecular weight excluding hydrogens is 453 g/mol. The van der Waals surface area contributed by atoms with Gasteiger partial charge in [-0.3, -0.25) is 9.59 Å². The Labute approximate surface area is 193 Å². The Bertz CT molecular complexity index is 1280. The molecule has 10 heteroatoms. The SMILES string of the molecule is Cc1cn(C)c(=O)c(NC(=O)NCCC(=O)Oc2cccc(-c3ccc(F)cc3Cl)c2)c1O. The summed E-state index contributed by atoms with van der Waals surface area (Å²) >= 11 is 6.08. The van der Waals surface area contributed by atoms with Gasteiger partial charge in [-0.2, -0.15) is 0 Å². The summed E-state index contributed by atoms with van der Waals surface area (Å²) in [5, 5.41) is 15.0. The van der Waals surface area contributed by atoms with E-state index in [9.17, 15) is 23.9 Å². The average Bonchev–Trinajstić information content (AvgIpc) is 2.75. The predicted octanol–water partition coefficient (Wildman–Crippen LogP) is 3.98. The highest BCUT2D eigenvalue weighted by Gasteiger charge is 2.15. The number of carbonyl (C=O) groups excluding carboxylic acids is 2. The molecular formula is C23H21ClFN3O5. The lowest BCUT2D eigenvalue weighted by Crippen LogP contribution is -2.34. The molecule has 0 atom stereocenters. The Balaban J connectivity index is 1.55. The zero-order valence-electron chi connectivity index (χ0n) is 17.8. The number of nitrogens with zero attached hydrogens (tertiary/aromatic N) is 1. The van der Waals surface area contributed by atoms with Crippen molar-refractivity contribution in [1.82, 2.24) is 9.88 Å². The number of nitrogens with one attached hydrogen (secondary N) is 2. The maximum Gasteiger partial charge on any atom is 0.319 e. The molecule has 0 saturated heterocycles. The molecule has 0 saturated carbocycles. The van der Waals surface area contributed by atoms with Gasteiger partial charge in [-0.15, -0.1) is 0 Å². The number of hydrogen-bond acceptors (Lipinski definition) is 5. The van der Waals surface area contributed by atoms with Crippen LogP contribution in [-0.4, -0.2) is 28.2 Å². The Kier molecular flexibility index (Phi) is 7.34. The number of halogens is 2. The minimum absolute atomic E-state index is 0.0684. The number of esters is 1. The largest absolute Gasteiger partial charge is 0.505 e. The van der Waals surface area contributed by atoms with Gasteiger partial charge in [-0.1, -0.05) is 23.7 Å². The van der Waals surface area contributed by atoms with E-state index in [1.54, 1.807) is 31.2 Å². The van der Waals surface area contributed by atoms with Crippen molar-refractivity contribution in [3.8, 4) is 22.6 Å². The van der Waals surface area contributed by atoms with Crippen LogP contribution < -0.4 is 20.9 Å². The van der Waals surface area contributed by atoms with E-state index in [-0.39, 0.29) is 35.2 Å². The van der Waals surface area contributed by atoms with Crippen molar-refractivity contribution >= 4 is 29.3 Å². The zero-order valence-corrected chi connectivity index (χ0v) is 18.6. The number of pyridine rings is 1. The van der Waals surface area contributed by atoms with Gasteiger partial charge in [0.1, 0.15) is 17.3 Å². The number of ether oxygens (including phenoxy) is 1. The van der Waals surface area contributed by atoms with Gasteiger partial charge in [-0.05, 0) is 42.8 Å². The van der Waals surface area contributed by atoms with E-state index >= 15 is 0 Å². The first-order chi connectivity index (χ1) is 15.7. The van der Waals surface area contributed by atoms with Crippen LogP contribution in [0.2, 0.25) is 5.02 Å². The number of amides is 2. The molecule has 2 aromatic carbocycles. The smallest absolute Gasteiger partial charge is 0.319 e. The molecule has 3 N–H and O–H groups in total. The molecule has 0 aliphatic rings. The van der Waals surface area contributed by atoms with Crippen LogP contribution >= 0.6 is 11.6 Å². The average molecular weight is 474 g/mol. The molecule has 8 nitrogen and oxygen atoms in total. The summed E-state index contributed by atoms with van der Waals surface area (Å²) in [5.41, 5.74) is 0.810. The van der Waals surface area contributed by atoms with E-state index in [0.29, 0.717) is 16.7 Å². The van der Waals surface area contributed by atoms with Crippen LogP contribution in [0, 0.1) is 12.7 Å². The van der Waals surface area contributed by atoms with E-state index in [0.717, 1.165) is 0 Å². The van der Waals surface area contributed by atoms with Crippen molar-refractivity contribution in [1.29, 1.82) is 0 Å². The highest BCUT2D eigenvalue weighted by molar-refractivity contribution is 6.33. The van der Waals surface area contributed by atoms with Gasteiger partial charge in [0.2, 0.25) is 0 Å². The monoisotopic (exact) mass is 473 g/mol. The number of hydrogen-bond donors (Lipinski definition) is 3. The van der Waals surface area contributed by atoms with E-state index in [1.165, 1.54) is 36.0 Å². The third-order valence-electron chi connectivity index (χ3n) is 4.69. The van der Waals surface area contributed by atoms with Crippen LogP contribution in [0.3, 0.4) is 0 Å². The minimum Gasteiger partial charge on any atom is -0.505 e. The van der Waals surface area contributed by atoms with Gasteiger partial charge >= 0.3 is 12.0 Å². The second-order valence-electron chi connectivity index (χ2n) is 7.21. The van der Waals surface area contributed by atoms with Gasteiger partial charge in [0.25, 0.3) is 5.56 Å². The third-order valence-corrected chi connectivity index (χ3v) is 5.01. The van der Waals surface area contributed by atoms with Gasteiger partial charge in [-0.25, -0.2) is 9.18 Å². The molecule has 172 valence electrons. The lowest BCUT2D eigenvalue weighted by Gasteiger charge is -2.11. The molecule has 1 aromatic heterocycles. The second-order valence-corrected chi connectivity index (χ2v) is 7.62. The van der Waals surface area contributed by atoms with Gasteiger partial charge < -0.3 is 25.0 Å². The summed E-state index contributed by atoms with van der Waals surface area (Å²) in [4.78, 5) is 36.3. The molecule has 3 rings (SSSR count). The minimum atomic E-state index is -0.756. The molecule has 2 amide bonds. The van der Waals surface area contributed by atoms with Crippen molar-refractivity contribution in [3.05, 3.63) is 75.4 Å². The van der Waals surface area contributed by atoms with Crippen molar-refractivity contribution < 1.29 is 23.8 Å². The fraction of sp³-hybridized carbons (Fsp3) is 0.174. The van der Waals surface area contributed by atoms with Crippen LogP contribution in [0.1, 0.15) is 12.0 Å². The van der Waals surface area contributed by atoms with Crippen LogP contribution in [0.5, 0.6) is 11.5 Å². The summed E-state index contributed by atoms with van der Waals surface area (Å²) in [6.07, 6.45) is 1.29. The predicted molar refractivity (Wildman–Crippen MR) is 122 cm³/mol. The molecule has 0 bridgehead atoms. The van der Waals surface area contributed by atoms with E-state index in [4.69, 9.17) is 16.3 Å². The molecule has 1 heterocycles. The standard InChI is InChI=1S/C23H21ClFN3O5/c1-13-12-28(2)22(31)20(21(13)30)27-23(32)26-9-8-19(29)33-16-5-3-4-14(10-16)17-7-6-15(25)11-18(17)24/h3-7,10-12,30H,8-9H2,1-2H3,(H2,26,27,32). The molecule has 0 unspecified atom stereocenters. The summed E-state index contributed by atoms with van der Waals surface area (Å²) in [6, 6.07) is 9.82. The van der Waals surface area contributed by atoms with Crippen LogP contribution in [0.25, 0.3) is 11.1 Å². The normalized spacial score (nSPS) is 10.5. The highest BCUT2D eigenvalue weighted by Crippen LogP contribution is 2.30. The number of aryl methyl sites for hydroxylation is 2. The number of rotatable bonds is 6. The number of urea groups is 1. The second kappa shape index (κ2) is 10.2. The lowest BCUT2D eigenvalue weighted by molar-refractivity contribution is -0.134. The van der Waals surface area contributed by atoms with E-state index < -0.39 is 23.4 Å². The van der Waals surface area contributed by atoms with Crippen molar-refractivity contribution in [2.75, 3.05) is 11.9 Å². The zero-order chi connectivity index (χ0) is 24.1. The fourth-order valence-corrected chi connectivity index (χ4v) is 3.34. The molecule has 0 aliphatic heterocycles. The molecule has 3 aromatic rings. The molecule has 0 radical (unpaired) electrons. The van der Waals surface area contributed by atoms with Gasteiger partial charge in [0, 0.05) is 30.9 Å². The first-order valence-corrected chi connectivity index (χ1v) is 10.2. The van der Waals surface area contributed by atoms with Crippen molar-refractivity contribution in [2.45, 2.75) is 13.3 Å². The number of carbonyl (C=O) groups is 2. The van der Waals surface area contributed by atoms with Crippen LogP contribution in [0.4, 0.5) is 14.9 Å². The van der Waals surface area contributed by atoms with Gasteiger partial charge in [0.05, 0.1) is 11.4 Å². The summed E-state index contributed by atoms with van der Waals surface area (Å²) < 4.78 is 19.8. The fourth-order valence-electron chi connectivity index (χ4n) is 3.07. The Morgan fingerprint density at radius 2 is 1.97 bits per heavy atom. The number of aromatic nitrogens is 1. The quantitative estimate of drug-likeness (QED) is 0.370. The highest BCUT2D eigenvalue weighted by atomic mass is 35.5. The molecule has 0 fully saturated rings. The Morgan fingerprint density at radius 3 is 2.70 bits per heavy atom. The lowest BCUT2D eigenvalue weighted by atomic mass is 10.1. The maximum atomic E-state index is 13.3. The van der Waals surface area contributed by atoms with E-state index in [2.05, 4.69) is 10.6 Å². The van der Waals surface area contributed by atoms with Crippen LogP contribution in [-0.2, 0) is 11.8 Å². The number of anilines is 1. The maximum absolute atomic E-state index is 13.3.